The van der Waals surface area contributed by atoms with E-state index >= 15 is 0 Å². The molecule has 100 valence electrons. The molecule has 1 aromatic rings. The molecule has 2 N–H and O–H groups in total. The summed E-state index contributed by atoms with van der Waals surface area (Å²) in [4.78, 5) is 2.16. The van der Waals surface area contributed by atoms with Crippen molar-refractivity contribution in [1.29, 1.82) is 0 Å². The Balaban J connectivity index is 2.08. The van der Waals surface area contributed by atoms with Gasteiger partial charge in [0.1, 0.15) is 0 Å². The van der Waals surface area contributed by atoms with Crippen molar-refractivity contribution in [2.75, 3.05) is 43.1 Å². The molecule has 0 atom stereocenters. The summed E-state index contributed by atoms with van der Waals surface area (Å²) < 4.78 is 24.3. The molecule has 0 unspecified atom stereocenters. The fraction of sp³-hybridized carbons (Fsp3) is 0.500. The van der Waals surface area contributed by atoms with Crippen molar-refractivity contribution in [3.8, 4) is 0 Å². The van der Waals surface area contributed by atoms with Gasteiger partial charge in [-0.2, -0.15) is 4.31 Å². The lowest BCUT2D eigenvalue weighted by Crippen LogP contribution is -2.48. The Kier molecular flexibility index (Phi) is 3.49. The molecule has 0 bridgehead atoms. The second-order valence-electron chi connectivity index (χ2n) is 4.69. The van der Waals surface area contributed by atoms with Gasteiger partial charge >= 0.3 is 0 Å². The van der Waals surface area contributed by atoms with Crippen LogP contribution in [0.25, 0.3) is 0 Å². The number of hydrogen-bond acceptors (Lipinski definition) is 4. The molecule has 2 rings (SSSR count). The second kappa shape index (κ2) is 4.78. The summed E-state index contributed by atoms with van der Waals surface area (Å²) in [5, 5.41) is 0. The van der Waals surface area contributed by atoms with Gasteiger partial charge < -0.3 is 10.6 Å². The summed E-state index contributed by atoms with van der Waals surface area (Å²) in [5.41, 5.74) is 8.79. The first-order valence-corrected chi connectivity index (χ1v) is 7.79. The van der Waals surface area contributed by atoms with E-state index in [1.165, 1.54) is 10.6 Å². The van der Waals surface area contributed by atoms with Gasteiger partial charge in [0.2, 0.25) is 10.0 Å². The van der Waals surface area contributed by atoms with Crippen LogP contribution in [-0.4, -0.2) is 45.2 Å². The molecule has 0 aliphatic carbocycles. The first-order chi connectivity index (χ1) is 8.38. The monoisotopic (exact) mass is 269 g/mol. The molecule has 1 saturated heterocycles. The topological polar surface area (TPSA) is 66.6 Å². The molecule has 1 aliphatic heterocycles. The summed E-state index contributed by atoms with van der Waals surface area (Å²) in [7, 11) is -3.06. The molecule has 0 radical (unpaired) electrons. The van der Waals surface area contributed by atoms with Crippen LogP contribution in [-0.2, 0) is 10.0 Å². The number of nitrogens with zero attached hydrogens (tertiary/aromatic N) is 2. The predicted molar refractivity (Wildman–Crippen MR) is 74.2 cm³/mol. The third kappa shape index (κ3) is 2.76. The lowest BCUT2D eigenvalue weighted by Gasteiger charge is -2.34. The molecule has 18 heavy (non-hydrogen) atoms. The highest BCUT2D eigenvalue weighted by Crippen LogP contribution is 2.22. The summed E-state index contributed by atoms with van der Waals surface area (Å²) in [6, 6.07) is 5.97. The van der Waals surface area contributed by atoms with Gasteiger partial charge in [-0.3, -0.25) is 0 Å². The summed E-state index contributed by atoms with van der Waals surface area (Å²) >= 11 is 0. The standard InChI is InChI=1S/C12H19N3O2S/c1-10-3-4-11(9-12(10)13)14-5-7-15(8-6-14)18(2,16)17/h3-4,9H,5-8,13H2,1-2H3. The van der Waals surface area contributed by atoms with Crippen LogP contribution in [0.15, 0.2) is 18.2 Å². The maximum Gasteiger partial charge on any atom is 0.211 e. The van der Waals surface area contributed by atoms with E-state index in [-0.39, 0.29) is 0 Å². The summed E-state index contributed by atoms with van der Waals surface area (Å²) in [5.74, 6) is 0. The average molecular weight is 269 g/mol. The molecular formula is C12H19N3O2S. The van der Waals surface area contributed by atoms with Crippen molar-refractivity contribution >= 4 is 21.4 Å². The van der Waals surface area contributed by atoms with E-state index < -0.39 is 10.0 Å². The Morgan fingerprint density at radius 2 is 1.78 bits per heavy atom. The molecule has 1 aliphatic rings. The minimum atomic E-state index is -3.06. The van der Waals surface area contributed by atoms with Gasteiger partial charge in [0.25, 0.3) is 0 Å². The van der Waals surface area contributed by atoms with Gasteiger partial charge in [0.15, 0.2) is 0 Å². The highest BCUT2D eigenvalue weighted by atomic mass is 32.2. The van der Waals surface area contributed by atoms with Crippen molar-refractivity contribution < 1.29 is 8.42 Å². The molecule has 1 aromatic carbocycles. The van der Waals surface area contributed by atoms with Gasteiger partial charge in [0, 0.05) is 37.6 Å². The fourth-order valence-electron chi connectivity index (χ4n) is 2.10. The fourth-order valence-corrected chi connectivity index (χ4v) is 2.93. The largest absolute Gasteiger partial charge is 0.398 e. The van der Waals surface area contributed by atoms with Crippen molar-refractivity contribution in [2.24, 2.45) is 0 Å². The lowest BCUT2D eigenvalue weighted by molar-refractivity contribution is 0.388. The minimum absolute atomic E-state index is 0.534. The van der Waals surface area contributed by atoms with Crippen LogP contribution in [0.3, 0.4) is 0 Å². The number of sulfonamides is 1. The van der Waals surface area contributed by atoms with Crippen molar-refractivity contribution in [2.45, 2.75) is 6.92 Å². The quantitative estimate of drug-likeness (QED) is 0.801. The van der Waals surface area contributed by atoms with E-state index in [0.717, 1.165) is 16.9 Å². The Morgan fingerprint density at radius 1 is 1.17 bits per heavy atom. The molecule has 1 fully saturated rings. The van der Waals surface area contributed by atoms with Crippen molar-refractivity contribution in [3.05, 3.63) is 23.8 Å². The zero-order valence-electron chi connectivity index (χ0n) is 10.8. The van der Waals surface area contributed by atoms with E-state index in [1.54, 1.807) is 0 Å². The van der Waals surface area contributed by atoms with E-state index in [0.29, 0.717) is 26.2 Å². The van der Waals surface area contributed by atoms with Crippen LogP contribution >= 0.6 is 0 Å². The normalized spacial score (nSPS) is 18.0. The van der Waals surface area contributed by atoms with Gasteiger partial charge in [0.05, 0.1) is 6.26 Å². The Labute approximate surface area is 108 Å². The summed E-state index contributed by atoms with van der Waals surface area (Å²) in [6.07, 6.45) is 1.26. The Hall–Kier alpha value is -1.27. The van der Waals surface area contributed by atoms with Gasteiger partial charge in [-0.25, -0.2) is 8.42 Å². The zero-order chi connectivity index (χ0) is 13.3. The van der Waals surface area contributed by atoms with E-state index in [2.05, 4.69) is 4.90 Å². The summed E-state index contributed by atoms with van der Waals surface area (Å²) in [6.45, 7) is 4.45. The number of anilines is 2. The smallest absolute Gasteiger partial charge is 0.211 e. The highest BCUT2D eigenvalue weighted by molar-refractivity contribution is 7.88. The number of nitrogens with two attached hydrogens (primary N) is 1. The van der Waals surface area contributed by atoms with Crippen LogP contribution < -0.4 is 10.6 Å². The first kappa shape index (κ1) is 13.2. The number of benzene rings is 1. The molecule has 1 heterocycles. The molecule has 0 aromatic heterocycles. The number of nitrogen functional groups attached to an aromatic ring is 1. The molecule has 6 heteroatoms. The predicted octanol–water partition coefficient (Wildman–Crippen LogP) is 0.659. The van der Waals surface area contributed by atoms with Gasteiger partial charge in [-0.1, -0.05) is 6.07 Å². The van der Waals surface area contributed by atoms with E-state index in [1.807, 2.05) is 25.1 Å². The van der Waals surface area contributed by atoms with Crippen LogP contribution in [0.4, 0.5) is 11.4 Å². The zero-order valence-corrected chi connectivity index (χ0v) is 11.6. The first-order valence-electron chi connectivity index (χ1n) is 5.94. The lowest BCUT2D eigenvalue weighted by atomic mass is 10.1. The van der Waals surface area contributed by atoms with Crippen molar-refractivity contribution in [3.63, 3.8) is 0 Å². The van der Waals surface area contributed by atoms with Crippen LogP contribution in [0.1, 0.15) is 5.56 Å². The van der Waals surface area contributed by atoms with Crippen LogP contribution in [0.5, 0.6) is 0 Å². The second-order valence-corrected chi connectivity index (χ2v) is 6.67. The number of rotatable bonds is 2. The highest BCUT2D eigenvalue weighted by Gasteiger charge is 2.23. The number of hydrogen-bond donors (Lipinski definition) is 1. The molecule has 5 nitrogen and oxygen atoms in total. The SMILES string of the molecule is Cc1ccc(N2CCN(S(C)(=O)=O)CC2)cc1N. The molecule has 0 spiro atoms. The van der Waals surface area contributed by atoms with Crippen LogP contribution in [0.2, 0.25) is 0 Å². The maximum absolute atomic E-state index is 11.4. The Morgan fingerprint density at radius 3 is 2.28 bits per heavy atom. The third-order valence-electron chi connectivity index (χ3n) is 3.34. The number of aryl methyl sites for hydroxylation is 1. The van der Waals surface area contributed by atoms with E-state index in [4.69, 9.17) is 5.73 Å². The molecule has 0 saturated carbocycles. The minimum Gasteiger partial charge on any atom is -0.398 e. The third-order valence-corrected chi connectivity index (χ3v) is 4.64. The van der Waals surface area contributed by atoms with Crippen molar-refractivity contribution in [1.82, 2.24) is 4.31 Å². The van der Waals surface area contributed by atoms with Crippen LogP contribution in [0, 0.1) is 6.92 Å². The van der Waals surface area contributed by atoms with Gasteiger partial charge in [-0.15, -0.1) is 0 Å². The van der Waals surface area contributed by atoms with E-state index in [9.17, 15) is 8.42 Å². The van der Waals surface area contributed by atoms with Gasteiger partial charge in [-0.05, 0) is 24.6 Å². The average Bonchev–Trinajstić information content (AvgIpc) is 2.32. The molecular weight excluding hydrogens is 250 g/mol. The number of piperazine rings is 1. The molecule has 0 amide bonds. The maximum atomic E-state index is 11.4. The Bertz CT molecular complexity index is 534.